The first-order valence-corrected chi connectivity index (χ1v) is 11.8. The lowest BCUT2D eigenvalue weighted by atomic mass is 10.1. The Balaban J connectivity index is 2.13. The van der Waals surface area contributed by atoms with Gasteiger partial charge in [-0.05, 0) is 67.3 Å². The van der Waals surface area contributed by atoms with E-state index in [1.807, 2.05) is 6.26 Å². The lowest BCUT2D eigenvalue weighted by molar-refractivity contribution is -0.123. The van der Waals surface area contributed by atoms with Crippen LogP contribution in [0.2, 0.25) is 5.02 Å². The highest BCUT2D eigenvalue weighted by Gasteiger charge is 2.26. The second-order valence-corrected chi connectivity index (χ2v) is 9.33. The fourth-order valence-corrected chi connectivity index (χ4v) is 4.32. The van der Waals surface area contributed by atoms with E-state index in [0.717, 1.165) is 5.56 Å². The predicted molar refractivity (Wildman–Crippen MR) is 112 cm³/mol. The molecule has 5 nitrogen and oxygen atoms in total. The van der Waals surface area contributed by atoms with Gasteiger partial charge in [-0.1, -0.05) is 23.7 Å². The van der Waals surface area contributed by atoms with Gasteiger partial charge in [-0.2, -0.15) is 16.5 Å². The van der Waals surface area contributed by atoms with Crippen LogP contribution in [0.15, 0.2) is 53.4 Å². The summed E-state index contributed by atoms with van der Waals surface area (Å²) in [4.78, 5) is 12.8. The third-order valence-electron chi connectivity index (χ3n) is 4.08. The monoisotopic (exact) mass is 444 g/mol. The number of rotatable bonds is 9. The molecule has 2 aromatic rings. The Morgan fingerprint density at radius 3 is 2.32 bits per heavy atom. The zero-order valence-electron chi connectivity index (χ0n) is 15.5. The topological polar surface area (TPSA) is 75.3 Å². The van der Waals surface area contributed by atoms with E-state index < -0.39 is 28.0 Å². The van der Waals surface area contributed by atoms with Gasteiger partial charge in [-0.25, -0.2) is 12.8 Å². The zero-order chi connectivity index (χ0) is 20.7. The van der Waals surface area contributed by atoms with Crippen molar-refractivity contribution in [1.82, 2.24) is 10.0 Å². The third-order valence-corrected chi connectivity index (χ3v) is 6.46. The molecular formula is C19H22ClFN2O3S2. The molecule has 0 heterocycles. The highest BCUT2D eigenvalue weighted by Crippen LogP contribution is 2.17. The quantitative estimate of drug-likeness (QED) is 0.617. The second kappa shape index (κ2) is 10.2. The van der Waals surface area contributed by atoms with Gasteiger partial charge >= 0.3 is 0 Å². The number of benzene rings is 2. The molecule has 0 aromatic heterocycles. The number of hydrogen-bond acceptors (Lipinski definition) is 4. The van der Waals surface area contributed by atoms with Crippen molar-refractivity contribution in [2.45, 2.75) is 30.3 Å². The summed E-state index contributed by atoms with van der Waals surface area (Å²) in [6, 6.07) is 10.2. The molecule has 152 valence electrons. The fraction of sp³-hybridized carbons (Fsp3) is 0.316. The van der Waals surface area contributed by atoms with Gasteiger partial charge in [0.25, 0.3) is 0 Å². The molecule has 2 unspecified atom stereocenters. The molecule has 0 fully saturated rings. The average molecular weight is 445 g/mol. The molecule has 2 aromatic carbocycles. The van der Waals surface area contributed by atoms with Gasteiger partial charge < -0.3 is 5.32 Å². The lowest BCUT2D eigenvalue weighted by Gasteiger charge is -2.21. The van der Waals surface area contributed by atoms with Crippen LogP contribution in [0.5, 0.6) is 0 Å². The van der Waals surface area contributed by atoms with Gasteiger partial charge in [0.1, 0.15) is 11.9 Å². The van der Waals surface area contributed by atoms with Gasteiger partial charge in [0.05, 0.1) is 10.9 Å². The van der Waals surface area contributed by atoms with Crippen molar-refractivity contribution < 1.29 is 17.6 Å². The first-order chi connectivity index (χ1) is 13.2. The molecule has 2 atom stereocenters. The van der Waals surface area contributed by atoms with Gasteiger partial charge in [0, 0.05) is 5.02 Å². The molecule has 1 amide bonds. The van der Waals surface area contributed by atoms with E-state index >= 15 is 0 Å². The number of carbonyl (C=O) groups excluding carboxylic acids is 1. The molecule has 28 heavy (non-hydrogen) atoms. The molecule has 0 saturated heterocycles. The molecule has 2 N–H and O–H groups in total. The Labute approximate surface area is 174 Å². The van der Waals surface area contributed by atoms with E-state index in [9.17, 15) is 17.6 Å². The molecule has 0 saturated carbocycles. The number of thioether (sulfide) groups is 1. The molecule has 2 rings (SSSR count). The van der Waals surface area contributed by atoms with Crippen molar-refractivity contribution in [1.29, 1.82) is 0 Å². The largest absolute Gasteiger partial charge is 0.348 e. The third kappa shape index (κ3) is 6.48. The molecule has 0 spiro atoms. The first kappa shape index (κ1) is 22.7. The van der Waals surface area contributed by atoms with E-state index in [2.05, 4.69) is 10.0 Å². The number of hydrogen-bond donors (Lipinski definition) is 2. The lowest BCUT2D eigenvalue weighted by Crippen LogP contribution is -2.47. The highest BCUT2D eigenvalue weighted by molar-refractivity contribution is 7.98. The summed E-state index contributed by atoms with van der Waals surface area (Å²) in [6.45, 7) is 1.75. The zero-order valence-corrected chi connectivity index (χ0v) is 17.9. The Bertz CT molecular complexity index is 890. The van der Waals surface area contributed by atoms with Gasteiger partial charge in [-0.3, -0.25) is 4.79 Å². The van der Waals surface area contributed by atoms with Crippen molar-refractivity contribution >= 4 is 39.3 Å². The van der Waals surface area contributed by atoms with Gasteiger partial charge in [0.2, 0.25) is 15.9 Å². The summed E-state index contributed by atoms with van der Waals surface area (Å²) in [6.07, 6.45) is 2.21. The minimum absolute atomic E-state index is 0.0328. The smallest absolute Gasteiger partial charge is 0.241 e. The van der Waals surface area contributed by atoms with Crippen LogP contribution in [-0.4, -0.2) is 32.4 Å². The van der Waals surface area contributed by atoms with Crippen LogP contribution in [-0.2, 0) is 14.8 Å². The Hall–Kier alpha value is -1.61. The predicted octanol–water partition coefficient (Wildman–Crippen LogP) is 3.76. The minimum Gasteiger partial charge on any atom is -0.348 e. The number of nitrogens with one attached hydrogen (secondary N) is 2. The van der Waals surface area contributed by atoms with E-state index in [4.69, 9.17) is 11.6 Å². The standard InChI is InChI=1S/C19H22ClFN2O3S2/c1-13(14-3-7-16(21)8-4-14)22-19(24)18(11-12-27-2)23-28(25,26)17-9-5-15(20)6-10-17/h3-10,13,18,23H,11-12H2,1-2H3,(H,22,24). The van der Waals surface area contributed by atoms with Crippen LogP contribution in [0.25, 0.3) is 0 Å². The van der Waals surface area contributed by atoms with Crippen molar-refractivity contribution in [2.24, 2.45) is 0 Å². The average Bonchev–Trinajstić information content (AvgIpc) is 2.65. The number of amides is 1. The molecule has 0 aliphatic carbocycles. The van der Waals surface area contributed by atoms with E-state index in [1.54, 1.807) is 19.1 Å². The fourth-order valence-electron chi connectivity index (χ4n) is 2.50. The van der Waals surface area contributed by atoms with E-state index in [-0.39, 0.29) is 10.7 Å². The van der Waals surface area contributed by atoms with Crippen molar-refractivity contribution in [3.05, 3.63) is 64.9 Å². The van der Waals surface area contributed by atoms with Crippen LogP contribution in [0, 0.1) is 5.82 Å². The van der Waals surface area contributed by atoms with Crippen LogP contribution in [0.1, 0.15) is 24.9 Å². The van der Waals surface area contributed by atoms with Gasteiger partial charge in [0.15, 0.2) is 0 Å². The maximum Gasteiger partial charge on any atom is 0.241 e. The van der Waals surface area contributed by atoms with Crippen molar-refractivity contribution in [3.63, 3.8) is 0 Å². The first-order valence-electron chi connectivity index (χ1n) is 8.55. The van der Waals surface area contributed by atoms with Crippen molar-refractivity contribution in [2.75, 3.05) is 12.0 Å². The molecule has 0 aliphatic rings. The van der Waals surface area contributed by atoms with Crippen LogP contribution in [0.4, 0.5) is 4.39 Å². The summed E-state index contributed by atoms with van der Waals surface area (Å²) in [5.74, 6) is -0.203. The number of sulfonamides is 1. The molecule has 0 bridgehead atoms. The van der Waals surface area contributed by atoms with E-state index in [1.165, 1.54) is 48.2 Å². The summed E-state index contributed by atoms with van der Waals surface area (Å²) in [5.41, 5.74) is 0.721. The van der Waals surface area contributed by atoms with Crippen LogP contribution < -0.4 is 10.0 Å². The van der Waals surface area contributed by atoms with Crippen molar-refractivity contribution in [3.8, 4) is 0 Å². The van der Waals surface area contributed by atoms with Crippen LogP contribution >= 0.6 is 23.4 Å². The maximum absolute atomic E-state index is 13.1. The summed E-state index contributed by atoms with van der Waals surface area (Å²) in [5, 5.41) is 3.21. The number of carbonyl (C=O) groups is 1. The Morgan fingerprint density at radius 2 is 1.75 bits per heavy atom. The summed E-state index contributed by atoms with van der Waals surface area (Å²) >= 11 is 7.32. The minimum atomic E-state index is -3.89. The van der Waals surface area contributed by atoms with E-state index in [0.29, 0.717) is 17.2 Å². The molecular weight excluding hydrogens is 423 g/mol. The summed E-state index contributed by atoms with van der Waals surface area (Å²) in [7, 11) is -3.89. The SMILES string of the molecule is CSCCC(NS(=O)(=O)c1ccc(Cl)cc1)C(=O)NC(C)c1ccc(F)cc1. The summed E-state index contributed by atoms with van der Waals surface area (Å²) < 4.78 is 40.8. The Kier molecular flexibility index (Phi) is 8.30. The molecule has 0 radical (unpaired) electrons. The highest BCUT2D eigenvalue weighted by atomic mass is 35.5. The van der Waals surface area contributed by atoms with Crippen LogP contribution in [0.3, 0.4) is 0 Å². The second-order valence-electron chi connectivity index (χ2n) is 6.19. The number of halogens is 2. The Morgan fingerprint density at radius 1 is 1.14 bits per heavy atom. The molecule has 9 heteroatoms. The van der Waals surface area contributed by atoms with Gasteiger partial charge in [-0.15, -0.1) is 0 Å². The maximum atomic E-state index is 13.1. The normalized spacial score (nSPS) is 13.7. The molecule has 0 aliphatic heterocycles.